The largest absolute Gasteiger partial charge is 0.495 e. The highest BCUT2D eigenvalue weighted by molar-refractivity contribution is 5.99. The van der Waals surface area contributed by atoms with Crippen LogP contribution in [0.1, 0.15) is 22.3 Å². The molecule has 1 fully saturated rings. The summed E-state index contributed by atoms with van der Waals surface area (Å²) < 4.78 is 16.2. The van der Waals surface area contributed by atoms with Crippen LogP contribution in [0, 0.1) is 0 Å². The predicted octanol–water partition coefficient (Wildman–Crippen LogP) is 2.88. The van der Waals surface area contributed by atoms with Crippen molar-refractivity contribution in [3.63, 3.8) is 0 Å². The maximum absolute atomic E-state index is 12.8. The van der Waals surface area contributed by atoms with Crippen LogP contribution in [0.15, 0.2) is 36.4 Å². The number of benzene rings is 2. The molecular weight excluding hydrogens is 394 g/mol. The second-order valence-corrected chi connectivity index (χ2v) is 7.95. The van der Waals surface area contributed by atoms with E-state index in [1.807, 2.05) is 23.1 Å². The lowest BCUT2D eigenvalue weighted by Crippen LogP contribution is -2.47. The Kier molecular flexibility index (Phi) is 6.51. The quantitative estimate of drug-likeness (QED) is 0.648. The topological polar surface area (TPSA) is 54.5 Å². The molecule has 7 heteroatoms. The summed E-state index contributed by atoms with van der Waals surface area (Å²) >= 11 is 0. The molecule has 0 aliphatic carbocycles. The Morgan fingerprint density at radius 1 is 0.839 bits per heavy atom. The molecule has 2 aliphatic rings. The van der Waals surface area contributed by atoms with Crippen molar-refractivity contribution >= 4 is 11.6 Å². The van der Waals surface area contributed by atoms with Crippen molar-refractivity contribution < 1.29 is 19.0 Å². The van der Waals surface area contributed by atoms with E-state index in [9.17, 15) is 4.79 Å². The molecule has 7 nitrogen and oxygen atoms in total. The number of anilines is 1. The minimum Gasteiger partial charge on any atom is -0.495 e. The molecule has 4 rings (SSSR count). The number of methoxy groups -OCH3 is 3. The van der Waals surface area contributed by atoms with Gasteiger partial charge in [-0.05, 0) is 42.8 Å². The molecule has 0 N–H and O–H groups in total. The molecule has 166 valence electrons. The van der Waals surface area contributed by atoms with Crippen LogP contribution in [-0.2, 0) is 6.54 Å². The maximum Gasteiger partial charge on any atom is 0.254 e. The van der Waals surface area contributed by atoms with Gasteiger partial charge in [0.2, 0.25) is 0 Å². The lowest BCUT2D eigenvalue weighted by atomic mass is 10.1. The summed E-state index contributed by atoms with van der Waals surface area (Å²) in [4.78, 5) is 19.6. The zero-order valence-corrected chi connectivity index (χ0v) is 18.6. The Bertz CT molecular complexity index is 925. The van der Waals surface area contributed by atoms with Crippen LogP contribution in [0.3, 0.4) is 0 Å². The Balaban J connectivity index is 1.26. The maximum atomic E-state index is 12.8. The van der Waals surface area contributed by atoms with Crippen LogP contribution in [0.2, 0.25) is 0 Å². The number of hydrogen-bond acceptors (Lipinski definition) is 6. The minimum absolute atomic E-state index is 0.0805. The van der Waals surface area contributed by atoms with Gasteiger partial charge in [0.25, 0.3) is 5.91 Å². The van der Waals surface area contributed by atoms with Crippen molar-refractivity contribution in [3.8, 4) is 17.2 Å². The number of ether oxygens (including phenoxy) is 3. The number of rotatable bonds is 8. The molecule has 0 unspecified atom stereocenters. The first-order valence-corrected chi connectivity index (χ1v) is 10.8. The van der Waals surface area contributed by atoms with Gasteiger partial charge in [-0.15, -0.1) is 0 Å². The van der Waals surface area contributed by atoms with Gasteiger partial charge >= 0.3 is 0 Å². The van der Waals surface area contributed by atoms with Gasteiger partial charge in [-0.3, -0.25) is 9.69 Å². The minimum atomic E-state index is 0.0805. The number of amides is 1. The first kappa shape index (κ1) is 21.3. The molecule has 0 bridgehead atoms. The van der Waals surface area contributed by atoms with Crippen molar-refractivity contribution in [2.24, 2.45) is 0 Å². The van der Waals surface area contributed by atoms with Crippen LogP contribution in [0.4, 0.5) is 5.69 Å². The van der Waals surface area contributed by atoms with E-state index < -0.39 is 0 Å². The fourth-order valence-corrected chi connectivity index (χ4v) is 4.47. The van der Waals surface area contributed by atoms with Gasteiger partial charge < -0.3 is 24.0 Å². The molecule has 1 saturated heterocycles. The van der Waals surface area contributed by atoms with Crippen molar-refractivity contribution in [3.05, 3.63) is 47.5 Å². The van der Waals surface area contributed by atoms with E-state index >= 15 is 0 Å². The summed E-state index contributed by atoms with van der Waals surface area (Å²) in [6, 6.07) is 11.9. The van der Waals surface area contributed by atoms with Gasteiger partial charge in [0, 0.05) is 44.8 Å². The Morgan fingerprint density at radius 2 is 1.52 bits per heavy atom. The van der Waals surface area contributed by atoms with E-state index in [-0.39, 0.29) is 5.91 Å². The van der Waals surface area contributed by atoms with Gasteiger partial charge in [0.05, 0.1) is 27.0 Å². The molecule has 2 aromatic rings. The molecule has 31 heavy (non-hydrogen) atoms. The highest BCUT2D eigenvalue weighted by Crippen LogP contribution is 2.35. The standard InChI is InChI=1S/C24H31N3O4/c1-29-21-8-5-4-7-20(21)26-13-11-25(12-14-26)9-6-10-27-17-18-15-22(30-2)23(31-3)16-19(18)24(27)28/h4-5,7-8,15-16H,6,9-14,17H2,1-3H3. The first-order valence-electron chi connectivity index (χ1n) is 10.8. The van der Waals surface area contributed by atoms with Gasteiger partial charge in [-0.1, -0.05) is 12.1 Å². The summed E-state index contributed by atoms with van der Waals surface area (Å²) in [5.41, 5.74) is 2.90. The number of carbonyl (C=O) groups is 1. The number of piperazine rings is 1. The molecule has 2 aromatic carbocycles. The predicted molar refractivity (Wildman–Crippen MR) is 121 cm³/mol. The lowest BCUT2D eigenvalue weighted by molar-refractivity contribution is 0.0770. The van der Waals surface area contributed by atoms with Crippen molar-refractivity contribution in [2.45, 2.75) is 13.0 Å². The van der Waals surface area contributed by atoms with Crippen LogP contribution in [-0.4, -0.2) is 76.3 Å². The average molecular weight is 426 g/mol. The summed E-state index contributed by atoms with van der Waals surface area (Å²) in [6.07, 6.45) is 0.961. The Labute approximate surface area is 184 Å². The van der Waals surface area contributed by atoms with Crippen LogP contribution < -0.4 is 19.1 Å². The summed E-state index contributed by atoms with van der Waals surface area (Å²) in [6.45, 7) is 6.37. The van der Waals surface area contributed by atoms with Gasteiger partial charge in [-0.2, -0.15) is 0 Å². The number of hydrogen-bond donors (Lipinski definition) is 0. The fraction of sp³-hybridized carbons (Fsp3) is 0.458. The van der Waals surface area contributed by atoms with E-state index in [1.54, 1.807) is 27.4 Å². The molecule has 2 aliphatic heterocycles. The zero-order chi connectivity index (χ0) is 21.8. The van der Waals surface area contributed by atoms with Crippen LogP contribution in [0.5, 0.6) is 17.2 Å². The molecular formula is C24H31N3O4. The van der Waals surface area contributed by atoms with E-state index in [4.69, 9.17) is 14.2 Å². The van der Waals surface area contributed by atoms with Crippen molar-refractivity contribution in [2.75, 3.05) is 65.5 Å². The normalized spacial score (nSPS) is 16.4. The highest BCUT2D eigenvalue weighted by atomic mass is 16.5. The smallest absolute Gasteiger partial charge is 0.254 e. The first-order chi connectivity index (χ1) is 15.1. The lowest BCUT2D eigenvalue weighted by Gasteiger charge is -2.36. The fourth-order valence-electron chi connectivity index (χ4n) is 4.47. The summed E-state index contributed by atoms with van der Waals surface area (Å²) in [5, 5.41) is 0. The van der Waals surface area contributed by atoms with E-state index in [0.717, 1.165) is 68.3 Å². The summed E-state index contributed by atoms with van der Waals surface area (Å²) in [5.74, 6) is 2.28. The van der Waals surface area contributed by atoms with E-state index in [0.29, 0.717) is 18.0 Å². The summed E-state index contributed by atoms with van der Waals surface area (Å²) in [7, 11) is 4.93. The van der Waals surface area contributed by atoms with Crippen molar-refractivity contribution in [1.82, 2.24) is 9.80 Å². The van der Waals surface area contributed by atoms with Gasteiger partial charge in [0.1, 0.15) is 5.75 Å². The molecule has 1 amide bonds. The average Bonchev–Trinajstić information content (AvgIpc) is 3.13. The zero-order valence-electron chi connectivity index (χ0n) is 18.6. The van der Waals surface area contributed by atoms with E-state index in [2.05, 4.69) is 21.9 Å². The molecule has 2 heterocycles. The second kappa shape index (κ2) is 9.47. The molecule has 0 spiro atoms. The van der Waals surface area contributed by atoms with E-state index in [1.165, 1.54) is 0 Å². The number of nitrogens with zero attached hydrogens (tertiary/aromatic N) is 3. The number of carbonyl (C=O) groups excluding carboxylic acids is 1. The molecule has 0 atom stereocenters. The highest BCUT2D eigenvalue weighted by Gasteiger charge is 2.29. The van der Waals surface area contributed by atoms with Crippen molar-refractivity contribution in [1.29, 1.82) is 0 Å². The van der Waals surface area contributed by atoms with Crippen LogP contribution in [0.25, 0.3) is 0 Å². The Hall–Kier alpha value is -2.93. The third-order valence-electron chi connectivity index (χ3n) is 6.19. The molecule has 0 radical (unpaired) electrons. The second-order valence-electron chi connectivity index (χ2n) is 7.95. The third kappa shape index (κ3) is 4.42. The monoisotopic (exact) mass is 425 g/mol. The third-order valence-corrected chi connectivity index (χ3v) is 6.19. The van der Waals surface area contributed by atoms with Crippen LogP contribution >= 0.6 is 0 Å². The number of para-hydroxylation sites is 2. The molecule has 0 aromatic heterocycles. The molecule has 0 saturated carbocycles. The van der Waals surface area contributed by atoms with Gasteiger partial charge in [0.15, 0.2) is 11.5 Å². The van der Waals surface area contributed by atoms with Gasteiger partial charge in [-0.25, -0.2) is 0 Å². The number of fused-ring (bicyclic) bond motifs is 1. The SMILES string of the molecule is COc1cc2c(cc1OC)C(=O)N(CCCN1CCN(c3ccccc3OC)CC1)C2. The Morgan fingerprint density at radius 3 is 2.23 bits per heavy atom.